The predicted molar refractivity (Wildman–Crippen MR) is 90.0 cm³/mol. The van der Waals surface area contributed by atoms with E-state index in [0.29, 0.717) is 36.9 Å². The summed E-state index contributed by atoms with van der Waals surface area (Å²) in [6, 6.07) is 4.82. The van der Waals surface area contributed by atoms with E-state index in [-0.39, 0.29) is 5.92 Å². The molecule has 1 saturated carbocycles. The number of nitrogens with one attached hydrogen (secondary N) is 2. The standard InChI is InChI=1S/C16H19F3N4OS/c17-16(18,19)14-9-13(11-4-5-11)23(22-14)7-2-6-20-15(25)21-10-12-3-1-8-24-12/h1,3,8-9,11H,2,4-7,10H2,(H2,20,21,25). The summed E-state index contributed by atoms with van der Waals surface area (Å²) in [5.41, 5.74) is -0.121. The highest BCUT2D eigenvalue weighted by atomic mass is 32.1. The topological polar surface area (TPSA) is 55.0 Å². The Balaban J connectivity index is 1.44. The van der Waals surface area contributed by atoms with Crippen LogP contribution in [0.3, 0.4) is 0 Å². The largest absolute Gasteiger partial charge is 0.467 e. The molecule has 2 N–H and O–H groups in total. The monoisotopic (exact) mass is 372 g/mol. The Labute approximate surface area is 148 Å². The minimum absolute atomic E-state index is 0.215. The lowest BCUT2D eigenvalue weighted by atomic mass is 10.2. The van der Waals surface area contributed by atoms with Crippen LogP contribution in [0.5, 0.6) is 0 Å². The Hall–Kier alpha value is -2.03. The maximum Gasteiger partial charge on any atom is 0.435 e. The van der Waals surface area contributed by atoms with Gasteiger partial charge < -0.3 is 15.1 Å². The predicted octanol–water partition coefficient (Wildman–Crippen LogP) is 3.43. The first-order valence-corrected chi connectivity index (χ1v) is 8.53. The maximum absolute atomic E-state index is 12.8. The molecular formula is C16H19F3N4OS. The summed E-state index contributed by atoms with van der Waals surface area (Å²) in [4.78, 5) is 0. The van der Waals surface area contributed by atoms with Gasteiger partial charge in [-0.2, -0.15) is 18.3 Å². The molecule has 3 rings (SSSR count). The smallest absolute Gasteiger partial charge is 0.435 e. The van der Waals surface area contributed by atoms with Gasteiger partial charge in [0.1, 0.15) is 5.76 Å². The van der Waals surface area contributed by atoms with E-state index in [2.05, 4.69) is 15.7 Å². The van der Waals surface area contributed by atoms with Crippen LogP contribution in [0.4, 0.5) is 13.2 Å². The molecule has 136 valence electrons. The highest BCUT2D eigenvalue weighted by Crippen LogP contribution is 2.42. The molecule has 1 aliphatic carbocycles. The van der Waals surface area contributed by atoms with E-state index in [4.69, 9.17) is 16.6 Å². The van der Waals surface area contributed by atoms with Gasteiger partial charge in [-0.05, 0) is 49.7 Å². The third-order valence-electron chi connectivity index (χ3n) is 3.93. The molecule has 2 aromatic heterocycles. The van der Waals surface area contributed by atoms with Crippen molar-refractivity contribution in [2.24, 2.45) is 0 Å². The van der Waals surface area contributed by atoms with Crippen molar-refractivity contribution in [1.82, 2.24) is 20.4 Å². The van der Waals surface area contributed by atoms with Crippen LogP contribution in [-0.2, 0) is 19.3 Å². The second kappa shape index (κ2) is 7.47. The second-order valence-electron chi connectivity index (χ2n) is 5.99. The Morgan fingerprint density at radius 2 is 2.16 bits per heavy atom. The molecule has 9 heteroatoms. The lowest BCUT2D eigenvalue weighted by Gasteiger charge is -2.10. The van der Waals surface area contributed by atoms with Crippen molar-refractivity contribution >= 4 is 17.3 Å². The number of rotatable bonds is 7. The van der Waals surface area contributed by atoms with Gasteiger partial charge in [-0.1, -0.05) is 0 Å². The minimum atomic E-state index is -4.40. The highest BCUT2D eigenvalue weighted by Gasteiger charge is 2.37. The van der Waals surface area contributed by atoms with Crippen LogP contribution in [0.2, 0.25) is 0 Å². The van der Waals surface area contributed by atoms with Gasteiger partial charge in [0.15, 0.2) is 10.8 Å². The van der Waals surface area contributed by atoms with Crippen LogP contribution < -0.4 is 10.6 Å². The molecule has 25 heavy (non-hydrogen) atoms. The molecule has 0 aromatic carbocycles. The van der Waals surface area contributed by atoms with Crippen molar-refractivity contribution in [3.8, 4) is 0 Å². The van der Waals surface area contributed by atoms with Crippen LogP contribution in [0, 0.1) is 0 Å². The second-order valence-corrected chi connectivity index (χ2v) is 6.40. The lowest BCUT2D eigenvalue weighted by Crippen LogP contribution is -2.35. The van der Waals surface area contributed by atoms with E-state index in [0.717, 1.165) is 18.6 Å². The summed E-state index contributed by atoms with van der Waals surface area (Å²) in [6.07, 6.45) is -0.319. The Morgan fingerprint density at radius 3 is 2.80 bits per heavy atom. The number of aryl methyl sites for hydroxylation is 1. The Morgan fingerprint density at radius 1 is 1.36 bits per heavy atom. The van der Waals surface area contributed by atoms with Gasteiger partial charge in [0.05, 0.1) is 12.8 Å². The quantitative estimate of drug-likeness (QED) is 0.576. The number of hydrogen-bond acceptors (Lipinski definition) is 3. The number of thiocarbonyl (C=S) groups is 1. The molecule has 0 unspecified atom stereocenters. The number of halogens is 3. The summed E-state index contributed by atoms with van der Waals surface area (Å²) in [5.74, 6) is 0.988. The number of nitrogens with zero attached hydrogens (tertiary/aromatic N) is 2. The van der Waals surface area contributed by atoms with Crippen molar-refractivity contribution in [2.45, 2.75) is 44.4 Å². The van der Waals surface area contributed by atoms with E-state index in [1.54, 1.807) is 12.3 Å². The molecule has 0 saturated heterocycles. The zero-order valence-electron chi connectivity index (χ0n) is 13.5. The Kier molecular flexibility index (Phi) is 5.31. The van der Waals surface area contributed by atoms with Gasteiger partial charge >= 0.3 is 6.18 Å². The molecule has 0 aliphatic heterocycles. The summed E-state index contributed by atoms with van der Waals surface area (Å²) < 4.78 is 45.2. The molecule has 2 heterocycles. The van der Waals surface area contributed by atoms with Crippen LogP contribution in [-0.4, -0.2) is 21.4 Å². The molecule has 0 spiro atoms. The zero-order valence-corrected chi connectivity index (χ0v) is 14.3. The van der Waals surface area contributed by atoms with Gasteiger partial charge in [-0.3, -0.25) is 4.68 Å². The van der Waals surface area contributed by atoms with Gasteiger partial charge in [0, 0.05) is 24.7 Å². The number of furan rings is 1. The van der Waals surface area contributed by atoms with E-state index in [1.807, 2.05) is 6.07 Å². The number of hydrogen-bond donors (Lipinski definition) is 2. The van der Waals surface area contributed by atoms with Gasteiger partial charge in [0.25, 0.3) is 0 Å². The number of aromatic nitrogens is 2. The van der Waals surface area contributed by atoms with Gasteiger partial charge in [0.2, 0.25) is 0 Å². The summed E-state index contributed by atoms with van der Waals surface area (Å²) in [5, 5.41) is 10.2. The fraction of sp³-hybridized carbons (Fsp3) is 0.500. The van der Waals surface area contributed by atoms with E-state index < -0.39 is 11.9 Å². The first kappa shape index (κ1) is 17.8. The molecule has 0 radical (unpaired) electrons. The van der Waals surface area contributed by atoms with Crippen molar-refractivity contribution in [1.29, 1.82) is 0 Å². The van der Waals surface area contributed by atoms with Crippen molar-refractivity contribution in [3.05, 3.63) is 41.6 Å². The van der Waals surface area contributed by atoms with Crippen molar-refractivity contribution in [3.63, 3.8) is 0 Å². The first-order valence-electron chi connectivity index (χ1n) is 8.12. The average Bonchev–Trinajstić information content (AvgIpc) is 3.09. The Bertz CT molecular complexity index is 708. The summed E-state index contributed by atoms with van der Waals surface area (Å²) in [6.45, 7) is 1.46. The molecule has 0 bridgehead atoms. The maximum atomic E-state index is 12.8. The van der Waals surface area contributed by atoms with Crippen LogP contribution in [0.15, 0.2) is 28.9 Å². The molecule has 1 fully saturated rings. The van der Waals surface area contributed by atoms with E-state index >= 15 is 0 Å². The van der Waals surface area contributed by atoms with Gasteiger partial charge in [-0.15, -0.1) is 0 Å². The molecule has 5 nitrogen and oxygen atoms in total. The highest BCUT2D eigenvalue weighted by molar-refractivity contribution is 7.80. The normalized spacial score (nSPS) is 14.5. The molecule has 2 aromatic rings. The van der Waals surface area contributed by atoms with E-state index in [9.17, 15) is 13.2 Å². The zero-order chi connectivity index (χ0) is 17.9. The molecule has 0 amide bonds. The fourth-order valence-corrected chi connectivity index (χ4v) is 2.70. The van der Waals surface area contributed by atoms with Crippen molar-refractivity contribution in [2.75, 3.05) is 6.54 Å². The van der Waals surface area contributed by atoms with Crippen LogP contribution in [0.1, 0.15) is 42.3 Å². The van der Waals surface area contributed by atoms with Crippen molar-refractivity contribution < 1.29 is 17.6 Å². The van der Waals surface area contributed by atoms with E-state index in [1.165, 1.54) is 10.7 Å². The van der Waals surface area contributed by atoms with Gasteiger partial charge in [-0.25, -0.2) is 0 Å². The first-order chi connectivity index (χ1) is 11.9. The SMILES string of the molecule is FC(F)(F)c1cc(C2CC2)n(CCCNC(=S)NCc2ccco2)n1. The third-order valence-corrected chi connectivity index (χ3v) is 4.22. The third kappa shape index (κ3) is 4.97. The molecule has 0 atom stereocenters. The minimum Gasteiger partial charge on any atom is -0.467 e. The summed E-state index contributed by atoms with van der Waals surface area (Å²) >= 11 is 5.15. The fourth-order valence-electron chi connectivity index (χ4n) is 2.53. The van der Waals surface area contributed by atoms with Crippen LogP contribution in [0.25, 0.3) is 0 Å². The summed E-state index contributed by atoms with van der Waals surface area (Å²) in [7, 11) is 0. The number of alkyl halides is 3. The lowest BCUT2D eigenvalue weighted by molar-refractivity contribution is -0.141. The molecular weight excluding hydrogens is 353 g/mol. The molecule has 1 aliphatic rings. The van der Waals surface area contributed by atoms with Crippen LogP contribution >= 0.6 is 12.2 Å². The average molecular weight is 372 g/mol.